The second-order valence-electron chi connectivity index (χ2n) is 3.98. The summed E-state index contributed by atoms with van der Waals surface area (Å²) in [5, 5.41) is 11.0. The number of nitrogens with one attached hydrogen (secondary N) is 1. The third-order valence-corrected chi connectivity index (χ3v) is 2.27. The number of carbonyl (C=O) groups excluding carboxylic acids is 2. The number of halogens is 1. The molecule has 0 fully saturated rings. The van der Waals surface area contributed by atoms with E-state index in [1.807, 2.05) is 22.6 Å². The summed E-state index contributed by atoms with van der Waals surface area (Å²) in [5.74, 6) is -0.421. The Bertz CT molecular complexity index is 237. The van der Waals surface area contributed by atoms with Crippen LogP contribution in [0.25, 0.3) is 0 Å². The van der Waals surface area contributed by atoms with Crippen LogP contribution in [-0.4, -0.2) is 39.7 Å². The predicted molar refractivity (Wildman–Crippen MR) is 64.1 cm³/mol. The average Bonchev–Trinajstić information content (AvgIpc) is 2.10. The summed E-state index contributed by atoms with van der Waals surface area (Å²) in [6.45, 7) is 4.63. The number of alkyl carbamates (subject to hydrolysis) is 1. The summed E-state index contributed by atoms with van der Waals surface area (Å²) in [6, 6.07) is -0.689. The highest BCUT2D eigenvalue weighted by atomic mass is 127. The second-order valence-corrected chi connectivity index (χ2v) is 4.86. The van der Waals surface area contributed by atoms with Crippen molar-refractivity contribution in [1.29, 1.82) is 0 Å². The maximum absolute atomic E-state index is 11.3. The van der Waals surface area contributed by atoms with Crippen LogP contribution in [-0.2, 0) is 9.53 Å². The van der Waals surface area contributed by atoms with Crippen LogP contribution in [0.4, 0.5) is 4.79 Å². The molecule has 0 aliphatic heterocycles. The number of aliphatic hydroxyl groups excluding tert-OH is 1. The lowest BCUT2D eigenvalue weighted by Gasteiger charge is -2.21. The molecule has 0 bridgehead atoms. The van der Waals surface area contributed by atoms with Crippen LogP contribution in [0.5, 0.6) is 0 Å². The molecule has 0 aromatic rings. The molecule has 0 aromatic carbocycles. The van der Waals surface area contributed by atoms with Crippen molar-refractivity contribution in [1.82, 2.24) is 5.32 Å². The van der Waals surface area contributed by atoms with E-state index < -0.39 is 30.1 Å². The van der Waals surface area contributed by atoms with Gasteiger partial charge >= 0.3 is 6.09 Å². The molecule has 0 radical (unpaired) electrons. The predicted octanol–water partition coefficient (Wildman–Crippen LogP) is 0.876. The summed E-state index contributed by atoms with van der Waals surface area (Å²) in [4.78, 5) is 22.4. The molecule has 6 heteroatoms. The number of amides is 1. The van der Waals surface area contributed by atoms with Gasteiger partial charge in [-0.2, -0.15) is 0 Å². The number of ether oxygens (including phenoxy) is 1. The van der Waals surface area contributed by atoms with Crippen LogP contribution < -0.4 is 5.32 Å². The number of hydrogen-bond donors (Lipinski definition) is 2. The first kappa shape index (κ1) is 14.6. The van der Waals surface area contributed by atoms with Crippen LogP contribution in [0.1, 0.15) is 20.8 Å². The minimum Gasteiger partial charge on any atom is -0.444 e. The summed E-state index contributed by atoms with van der Waals surface area (Å²) in [6.07, 6.45) is -0.647. The normalized spacial score (nSPS) is 13.1. The Morgan fingerprint density at radius 2 is 2.00 bits per heavy atom. The highest BCUT2D eigenvalue weighted by Crippen LogP contribution is 2.07. The largest absolute Gasteiger partial charge is 0.444 e. The zero-order chi connectivity index (χ0) is 12.1. The maximum Gasteiger partial charge on any atom is 0.408 e. The molecule has 5 nitrogen and oxygen atoms in total. The zero-order valence-corrected chi connectivity index (χ0v) is 11.2. The van der Waals surface area contributed by atoms with Gasteiger partial charge in [0.1, 0.15) is 18.2 Å². The van der Waals surface area contributed by atoms with Crippen LogP contribution in [0, 0.1) is 0 Å². The van der Waals surface area contributed by atoms with E-state index in [9.17, 15) is 9.59 Å². The van der Waals surface area contributed by atoms with Crippen molar-refractivity contribution in [2.24, 2.45) is 0 Å². The molecule has 0 aliphatic carbocycles. The quantitative estimate of drug-likeness (QED) is 0.593. The highest BCUT2D eigenvalue weighted by molar-refractivity contribution is 14.1. The molecule has 88 valence electrons. The van der Waals surface area contributed by atoms with Gasteiger partial charge in [-0.1, -0.05) is 22.6 Å². The van der Waals surface area contributed by atoms with Gasteiger partial charge < -0.3 is 15.2 Å². The van der Waals surface area contributed by atoms with E-state index in [0.717, 1.165) is 0 Å². The van der Waals surface area contributed by atoms with E-state index in [1.165, 1.54) is 0 Å². The van der Waals surface area contributed by atoms with Gasteiger partial charge in [0.2, 0.25) is 0 Å². The Morgan fingerprint density at radius 1 is 1.47 bits per heavy atom. The molecule has 0 rings (SSSR count). The monoisotopic (exact) mass is 329 g/mol. The standard InChI is InChI=1S/C9H16INO4/c1-9(2,3)15-8(14)11-6(4-10)7(13)5-12/h6,12H,4-5H2,1-3H3,(H,11,14). The van der Waals surface area contributed by atoms with Gasteiger partial charge in [0.05, 0.1) is 0 Å². The smallest absolute Gasteiger partial charge is 0.408 e. The molecule has 0 saturated carbocycles. The van der Waals surface area contributed by atoms with E-state index >= 15 is 0 Å². The van der Waals surface area contributed by atoms with Crippen LogP contribution in [0.2, 0.25) is 0 Å². The number of rotatable bonds is 4. The number of Topliss-reactive ketones (excluding diaryl/α,β-unsaturated/α-hetero) is 1. The Hall–Kier alpha value is -0.370. The van der Waals surface area contributed by atoms with Crippen LogP contribution in [0.15, 0.2) is 0 Å². The molecule has 2 N–H and O–H groups in total. The summed E-state index contributed by atoms with van der Waals surface area (Å²) >= 11 is 1.96. The first-order chi connectivity index (χ1) is 6.80. The molecule has 1 amide bonds. The topological polar surface area (TPSA) is 75.6 Å². The second kappa shape index (κ2) is 6.26. The van der Waals surface area contributed by atoms with E-state index in [-0.39, 0.29) is 0 Å². The number of hydrogen-bond acceptors (Lipinski definition) is 4. The fourth-order valence-electron chi connectivity index (χ4n) is 0.765. The Labute approximate surface area is 103 Å². The SMILES string of the molecule is CC(C)(C)OC(=O)NC(CI)C(=O)CO. The summed E-state index contributed by atoms with van der Waals surface area (Å²) < 4.78 is 5.38. The van der Waals surface area contributed by atoms with Crippen molar-refractivity contribution < 1.29 is 19.4 Å². The first-order valence-corrected chi connectivity index (χ1v) is 6.01. The molecule has 1 unspecified atom stereocenters. The average molecular weight is 329 g/mol. The van der Waals surface area contributed by atoms with Gasteiger partial charge in [-0.25, -0.2) is 4.79 Å². The zero-order valence-electron chi connectivity index (χ0n) is 9.04. The number of carbonyl (C=O) groups is 2. The maximum atomic E-state index is 11.3. The van der Waals surface area contributed by atoms with Gasteiger partial charge in [0.15, 0.2) is 5.78 Å². The molecular formula is C9H16INO4. The minimum atomic E-state index is -0.689. The van der Waals surface area contributed by atoms with Gasteiger partial charge in [-0.3, -0.25) is 4.79 Å². The fourth-order valence-corrected chi connectivity index (χ4v) is 1.48. The minimum absolute atomic E-state index is 0.399. The number of aliphatic hydroxyl groups is 1. The lowest BCUT2D eigenvalue weighted by Crippen LogP contribution is -2.45. The van der Waals surface area contributed by atoms with Crippen molar-refractivity contribution in [2.75, 3.05) is 11.0 Å². The van der Waals surface area contributed by atoms with Crippen molar-refractivity contribution in [3.63, 3.8) is 0 Å². The molecule has 0 heterocycles. The number of ketones is 1. The summed E-state index contributed by atoms with van der Waals surface area (Å²) in [5.41, 5.74) is -0.595. The molecular weight excluding hydrogens is 313 g/mol. The third-order valence-electron chi connectivity index (χ3n) is 1.39. The molecule has 0 aliphatic rings. The lowest BCUT2D eigenvalue weighted by molar-refractivity contribution is -0.123. The Morgan fingerprint density at radius 3 is 2.33 bits per heavy atom. The van der Waals surface area contributed by atoms with E-state index in [2.05, 4.69) is 5.32 Å². The fraction of sp³-hybridized carbons (Fsp3) is 0.778. The van der Waals surface area contributed by atoms with E-state index in [1.54, 1.807) is 20.8 Å². The van der Waals surface area contributed by atoms with Crippen LogP contribution >= 0.6 is 22.6 Å². The summed E-state index contributed by atoms with van der Waals surface area (Å²) in [7, 11) is 0. The Kier molecular flexibility index (Phi) is 6.11. The van der Waals surface area contributed by atoms with Crippen molar-refractivity contribution >= 4 is 34.5 Å². The van der Waals surface area contributed by atoms with Gasteiger partial charge in [0, 0.05) is 4.43 Å². The van der Waals surface area contributed by atoms with E-state index in [0.29, 0.717) is 4.43 Å². The van der Waals surface area contributed by atoms with Crippen LogP contribution in [0.3, 0.4) is 0 Å². The molecule has 15 heavy (non-hydrogen) atoms. The van der Waals surface area contributed by atoms with Gasteiger partial charge in [0.25, 0.3) is 0 Å². The van der Waals surface area contributed by atoms with Crippen molar-refractivity contribution in [2.45, 2.75) is 32.4 Å². The van der Waals surface area contributed by atoms with E-state index in [4.69, 9.17) is 9.84 Å². The van der Waals surface area contributed by atoms with Crippen molar-refractivity contribution in [3.8, 4) is 0 Å². The molecule has 0 saturated heterocycles. The molecule has 0 aromatic heterocycles. The van der Waals surface area contributed by atoms with Gasteiger partial charge in [-0.15, -0.1) is 0 Å². The Balaban J connectivity index is 4.20. The number of alkyl halides is 1. The highest BCUT2D eigenvalue weighted by Gasteiger charge is 2.22. The molecule has 1 atom stereocenters. The van der Waals surface area contributed by atoms with Gasteiger partial charge in [-0.05, 0) is 20.8 Å². The first-order valence-electron chi connectivity index (χ1n) is 4.49. The van der Waals surface area contributed by atoms with Crippen molar-refractivity contribution in [3.05, 3.63) is 0 Å². The third kappa shape index (κ3) is 6.67. The molecule has 0 spiro atoms. The lowest BCUT2D eigenvalue weighted by atomic mass is 10.2.